The molecule has 0 saturated heterocycles. The highest BCUT2D eigenvalue weighted by Gasteiger charge is 2.12. The number of hydrogen-bond donors (Lipinski definition) is 2. The monoisotopic (exact) mass is 332 g/mol. The van der Waals surface area contributed by atoms with Crippen LogP contribution in [0.15, 0.2) is 66.4 Å². The molecule has 5 nitrogen and oxygen atoms in total. The number of carbonyl (C=O) groups is 1. The second kappa shape index (κ2) is 7.23. The van der Waals surface area contributed by atoms with Crippen molar-refractivity contribution in [3.8, 4) is 17.3 Å². The largest absolute Gasteiger partial charge is 0.321 e. The molecule has 25 heavy (non-hydrogen) atoms. The van der Waals surface area contributed by atoms with Crippen LogP contribution in [0.3, 0.4) is 0 Å². The molecule has 0 atom stereocenters. The fourth-order valence-electron chi connectivity index (χ4n) is 2.28. The Hall–Kier alpha value is -3.72. The number of H-pyrrole nitrogens is 1. The Morgan fingerprint density at radius 2 is 1.88 bits per heavy atom. The third-order valence-corrected chi connectivity index (χ3v) is 3.50. The second-order valence-electron chi connectivity index (χ2n) is 5.20. The Bertz CT molecular complexity index is 953. The number of halogens is 1. The summed E-state index contributed by atoms with van der Waals surface area (Å²) in [7, 11) is 0. The molecule has 1 amide bonds. The quantitative estimate of drug-likeness (QED) is 0.564. The molecule has 0 unspecified atom stereocenters. The molecule has 1 heterocycles. The van der Waals surface area contributed by atoms with Gasteiger partial charge in [0.1, 0.15) is 17.5 Å². The highest BCUT2D eigenvalue weighted by Crippen LogP contribution is 2.23. The molecule has 122 valence electrons. The Morgan fingerprint density at radius 3 is 2.56 bits per heavy atom. The van der Waals surface area contributed by atoms with E-state index in [1.165, 1.54) is 30.3 Å². The zero-order valence-corrected chi connectivity index (χ0v) is 13.0. The number of carbonyl (C=O) groups excluding carboxylic acids is 1. The summed E-state index contributed by atoms with van der Waals surface area (Å²) in [6.07, 6.45) is 3.01. The zero-order valence-electron chi connectivity index (χ0n) is 13.0. The maximum absolute atomic E-state index is 12.9. The maximum Gasteiger partial charge on any atom is 0.266 e. The van der Waals surface area contributed by atoms with Gasteiger partial charge in [0, 0.05) is 16.8 Å². The number of aromatic amines is 1. The molecule has 0 radical (unpaired) electrons. The Balaban J connectivity index is 1.86. The van der Waals surface area contributed by atoms with Gasteiger partial charge in [-0.25, -0.2) is 4.39 Å². The summed E-state index contributed by atoms with van der Waals surface area (Å²) < 4.78 is 12.9. The van der Waals surface area contributed by atoms with Crippen molar-refractivity contribution in [3.63, 3.8) is 0 Å². The van der Waals surface area contributed by atoms with E-state index in [0.717, 1.165) is 5.56 Å². The number of amides is 1. The van der Waals surface area contributed by atoms with Crippen LogP contribution in [0.2, 0.25) is 0 Å². The topological polar surface area (TPSA) is 81.6 Å². The molecule has 0 fully saturated rings. The van der Waals surface area contributed by atoms with Crippen molar-refractivity contribution in [1.82, 2.24) is 10.2 Å². The van der Waals surface area contributed by atoms with Crippen LogP contribution in [0.25, 0.3) is 17.3 Å². The lowest BCUT2D eigenvalue weighted by Gasteiger charge is -2.04. The summed E-state index contributed by atoms with van der Waals surface area (Å²) >= 11 is 0. The Morgan fingerprint density at radius 1 is 1.16 bits per heavy atom. The van der Waals surface area contributed by atoms with Gasteiger partial charge in [0.2, 0.25) is 0 Å². The van der Waals surface area contributed by atoms with Crippen LogP contribution in [0.1, 0.15) is 5.56 Å². The number of nitrogens with zero attached hydrogens (tertiary/aromatic N) is 2. The predicted octanol–water partition coefficient (Wildman–Crippen LogP) is 3.76. The maximum atomic E-state index is 12.9. The van der Waals surface area contributed by atoms with Crippen molar-refractivity contribution in [1.29, 1.82) is 5.26 Å². The van der Waals surface area contributed by atoms with Crippen molar-refractivity contribution < 1.29 is 9.18 Å². The molecule has 0 bridgehead atoms. The summed E-state index contributed by atoms with van der Waals surface area (Å²) in [5.74, 6) is -0.978. The summed E-state index contributed by atoms with van der Waals surface area (Å²) in [6, 6.07) is 16.7. The Labute approximate surface area is 143 Å². The number of hydrogen-bond acceptors (Lipinski definition) is 3. The molecule has 3 rings (SSSR count). The van der Waals surface area contributed by atoms with Gasteiger partial charge in [-0.2, -0.15) is 10.4 Å². The highest BCUT2D eigenvalue weighted by molar-refractivity contribution is 6.10. The molecular formula is C19H13FN4O. The van der Waals surface area contributed by atoms with E-state index in [-0.39, 0.29) is 5.57 Å². The summed E-state index contributed by atoms with van der Waals surface area (Å²) in [5.41, 5.74) is 2.55. The average molecular weight is 332 g/mol. The summed E-state index contributed by atoms with van der Waals surface area (Å²) in [5, 5.41) is 18.7. The van der Waals surface area contributed by atoms with Gasteiger partial charge >= 0.3 is 0 Å². The third-order valence-electron chi connectivity index (χ3n) is 3.50. The summed E-state index contributed by atoms with van der Waals surface area (Å²) in [4.78, 5) is 12.3. The van der Waals surface area contributed by atoms with E-state index in [2.05, 4.69) is 15.5 Å². The van der Waals surface area contributed by atoms with Gasteiger partial charge in [0.05, 0.1) is 11.9 Å². The van der Waals surface area contributed by atoms with Crippen LogP contribution >= 0.6 is 0 Å². The van der Waals surface area contributed by atoms with E-state index < -0.39 is 11.7 Å². The molecule has 2 N–H and O–H groups in total. The van der Waals surface area contributed by atoms with Gasteiger partial charge in [0.25, 0.3) is 5.91 Å². The molecular weight excluding hydrogens is 319 g/mol. The van der Waals surface area contributed by atoms with Gasteiger partial charge in [-0.15, -0.1) is 0 Å². The lowest BCUT2D eigenvalue weighted by atomic mass is 10.1. The molecule has 0 saturated carbocycles. The van der Waals surface area contributed by atoms with Gasteiger partial charge in [-0.05, 0) is 30.3 Å². The summed E-state index contributed by atoms with van der Waals surface area (Å²) in [6.45, 7) is 0. The first-order chi connectivity index (χ1) is 12.2. The van der Waals surface area contributed by atoms with E-state index in [1.54, 1.807) is 6.20 Å². The average Bonchev–Trinajstić information content (AvgIpc) is 3.10. The van der Waals surface area contributed by atoms with E-state index in [9.17, 15) is 14.4 Å². The first kappa shape index (κ1) is 16.1. The number of benzene rings is 2. The second-order valence-corrected chi connectivity index (χ2v) is 5.20. The van der Waals surface area contributed by atoms with Crippen LogP contribution in [0.4, 0.5) is 10.1 Å². The van der Waals surface area contributed by atoms with E-state index in [0.29, 0.717) is 16.9 Å². The van der Waals surface area contributed by atoms with Crippen molar-refractivity contribution in [3.05, 3.63) is 77.7 Å². The first-order valence-corrected chi connectivity index (χ1v) is 7.45. The zero-order chi connectivity index (χ0) is 17.6. The van der Waals surface area contributed by atoms with Crippen LogP contribution in [0, 0.1) is 17.1 Å². The van der Waals surface area contributed by atoms with Crippen LogP contribution < -0.4 is 5.32 Å². The van der Waals surface area contributed by atoms with Gasteiger partial charge < -0.3 is 5.32 Å². The molecule has 0 aliphatic heterocycles. The fourth-order valence-corrected chi connectivity index (χ4v) is 2.28. The molecule has 1 aromatic heterocycles. The SMILES string of the molecule is N#CC(=Cc1cn[nH]c1-c1ccccc1)C(=O)Nc1ccc(F)cc1. The van der Waals surface area contributed by atoms with Crippen LogP contribution in [0.5, 0.6) is 0 Å². The first-order valence-electron chi connectivity index (χ1n) is 7.45. The van der Waals surface area contributed by atoms with E-state index in [1.807, 2.05) is 36.4 Å². The van der Waals surface area contributed by atoms with Crippen LogP contribution in [-0.4, -0.2) is 16.1 Å². The molecule has 2 aromatic carbocycles. The highest BCUT2D eigenvalue weighted by atomic mass is 19.1. The molecule has 6 heteroatoms. The lowest BCUT2D eigenvalue weighted by molar-refractivity contribution is -0.112. The van der Waals surface area contributed by atoms with E-state index >= 15 is 0 Å². The van der Waals surface area contributed by atoms with Crippen molar-refractivity contribution in [2.45, 2.75) is 0 Å². The third kappa shape index (κ3) is 3.79. The lowest BCUT2D eigenvalue weighted by Crippen LogP contribution is -2.13. The van der Waals surface area contributed by atoms with Crippen molar-refractivity contribution in [2.24, 2.45) is 0 Å². The standard InChI is InChI=1S/C19H13FN4O/c20-16-6-8-17(9-7-16)23-19(25)14(11-21)10-15-12-22-24-18(15)13-4-2-1-3-5-13/h1-10,12H,(H,22,24)(H,23,25). The van der Waals surface area contributed by atoms with Gasteiger partial charge in [-0.3, -0.25) is 9.89 Å². The fraction of sp³-hybridized carbons (Fsp3) is 0. The van der Waals surface area contributed by atoms with E-state index in [4.69, 9.17) is 0 Å². The number of nitrogens with one attached hydrogen (secondary N) is 2. The number of rotatable bonds is 4. The Kier molecular flexibility index (Phi) is 4.67. The normalized spacial score (nSPS) is 11.0. The number of anilines is 1. The minimum absolute atomic E-state index is 0.0806. The number of nitriles is 1. The smallest absolute Gasteiger partial charge is 0.266 e. The molecule has 0 aliphatic rings. The molecule has 0 aliphatic carbocycles. The van der Waals surface area contributed by atoms with Crippen LogP contribution in [-0.2, 0) is 4.79 Å². The molecule has 3 aromatic rings. The minimum Gasteiger partial charge on any atom is -0.321 e. The predicted molar refractivity (Wildman–Crippen MR) is 92.6 cm³/mol. The van der Waals surface area contributed by atoms with Gasteiger partial charge in [0.15, 0.2) is 0 Å². The van der Waals surface area contributed by atoms with Gasteiger partial charge in [-0.1, -0.05) is 30.3 Å². The number of aromatic nitrogens is 2. The molecule has 0 spiro atoms. The minimum atomic E-state index is -0.575. The van der Waals surface area contributed by atoms with Crippen molar-refractivity contribution in [2.75, 3.05) is 5.32 Å². The van der Waals surface area contributed by atoms with Crippen molar-refractivity contribution >= 4 is 17.7 Å².